The van der Waals surface area contributed by atoms with E-state index in [0.29, 0.717) is 31.4 Å². The van der Waals surface area contributed by atoms with Gasteiger partial charge in [0.1, 0.15) is 11.4 Å². The monoisotopic (exact) mass is 316 g/mol. The number of fused-ring (bicyclic) bond motifs is 1. The molecule has 3 rings (SSSR count). The van der Waals surface area contributed by atoms with E-state index < -0.39 is 5.97 Å². The molecule has 0 atom stereocenters. The maximum atomic E-state index is 12.4. The first-order valence-corrected chi connectivity index (χ1v) is 7.77. The second-order valence-electron chi connectivity index (χ2n) is 6.00. The highest BCUT2D eigenvalue weighted by Crippen LogP contribution is 2.25. The smallest absolute Gasteiger partial charge is 0.306 e. The molecule has 1 amide bonds. The van der Waals surface area contributed by atoms with Crippen LogP contribution >= 0.6 is 0 Å². The summed E-state index contributed by atoms with van der Waals surface area (Å²) in [6, 6.07) is 7.44. The molecule has 0 saturated heterocycles. The lowest BCUT2D eigenvalue weighted by Crippen LogP contribution is -2.38. The van der Waals surface area contributed by atoms with Crippen LogP contribution in [-0.4, -0.2) is 35.1 Å². The molecule has 0 unspecified atom stereocenters. The molecule has 6 heteroatoms. The average molecular weight is 316 g/mol. The number of nitrogens with one attached hydrogen (secondary N) is 2. The quantitative estimate of drug-likeness (QED) is 0.808. The number of amides is 1. The highest BCUT2D eigenvalue weighted by atomic mass is 16.5. The Kier molecular flexibility index (Phi) is 4.23. The van der Waals surface area contributed by atoms with Gasteiger partial charge in [-0.2, -0.15) is 0 Å². The standard InChI is InChI=1S/C17H20N2O4/c1-23-13-6-7-14-11(8-13)9-15(19-14)16(20)18-12-4-2-10(3-5-12)17(21)22/h6-10,12,19H,2-5H2,1H3,(H,18,20)(H,21,22). The minimum absolute atomic E-state index is 0.0408. The molecule has 23 heavy (non-hydrogen) atoms. The lowest BCUT2D eigenvalue weighted by molar-refractivity contribution is -0.142. The van der Waals surface area contributed by atoms with Gasteiger partial charge in [0.25, 0.3) is 5.91 Å². The van der Waals surface area contributed by atoms with E-state index in [2.05, 4.69) is 10.3 Å². The topological polar surface area (TPSA) is 91.4 Å². The molecule has 1 saturated carbocycles. The van der Waals surface area contributed by atoms with Crippen molar-refractivity contribution in [2.45, 2.75) is 31.7 Å². The molecular formula is C17H20N2O4. The molecule has 1 aliphatic carbocycles. The van der Waals surface area contributed by atoms with E-state index in [-0.39, 0.29) is 17.9 Å². The molecule has 3 N–H and O–H groups in total. The number of benzene rings is 1. The van der Waals surface area contributed by atoms with Gasteiger partial charge < -0.3 is 20.1 Å². The summed E-state index contributed by atoms with van der Waals surface area (Å²) in [5.41, 5.74) is 1.39. The van der Waals surface area contributed by atoms with Crippen molar-refractivity contribution >= 4 is 22.8 Å². The summed E-state index contributed by atoms with van der Waals surface area (Å²) >= 11 is 0. The minimum Gasteiger partial charge on any atom is -0.497 e. The molecule has 2 aromatic rings. The first-order valence-electron chi connectivity index (χ1n) is 7.77. The third-order valence-electron chi connectivity index (χ3n) is 4.48. The predicted molar refractivity (Wildman–Crippen MR) is 85.7 cm³/mol. The third kappa shape index (κ3) is 3.31. The Bertz CT molecular complexity index is 729. The molecule has 1 aliphatic rings. The summed E-state index contributed by atoms with van der Waals surface area (Å²) in [6.45, 7) is 0. The second-order valence-corrected chi connectivity index (χ2v) is 6.00. The Morgan fingerprint density at radius 3 is 2.61 bits per heavy atom. The molecule has 122 valence electrons. The van der Waals surface area contributed by atoms with Crippen LogP contribution in [-0.2, 0) is 4.79 Å². The van der Waals surface area contributed by atoms with E-state index in [0.717, 1.165) is 16.7 Å². The number of hydrogen-bond donors (Lipinski definition) is 3. The largest absolute Gasteiger partial charge is 0.497 e. The van der Waals surface area contributed by atoms with Gasteiger partial charge in [-0.25, -0.2) is 0 Å². The molecule has 1 fully saturated rings. The van der Waals surface area contributed by atoms with Crippen molar-refractivity contribution in [1.82, 2.24) is 10.3 Å². The molecule has 0 aliphatic heterocycles. The predicted octanol–water partition coefficient (Wildman–Crippen LogP) is 2.55. The zero-order valence-electron chi connectivity index (χ0n) is 13.0. The van der Waals surface area contributed by atoms with E-state index in [1.165, 1.54) is 0 Å². The van der Waals surface area contributed by atoms with Gasteiger partial charge in [-0.15, -0.1) is 0 Å². The number of ether oxygens (including phenoxy) is 1. The van der Waals surface area contributed by atoms with Crippen LogP contribution in [0.4, 0.5) is 0 Å². The Labute approximate surface area is 133 Å². The molecule has 6 nitrogen and oxygen atoms in total. The van der Waals surface area contributed by atoms with E-state index in [1.807, 2.05) is 18.2 Å². The minimum atomic E-state index is -0.737. The third-order valence-corrected chi connectivity index (χ3v) is 4.48. The van der Waals surface area contributed by atoms with Crippen LogP contribution in [0.15, 0.2) is 24.3 Å². The van der Waals surface area contributed by atoms with Crippen molar-refractivity contribution in [3.05, 3.63) is 30.0 Å². The lowest BCUT2D eigenvalue weighted by atomic mass is 9.86. The molecule has 1 aromatic heterocycles. The van der Waals surface area contributed by atoms with E-state index in [1.54, 1.807) is 13.2 Å². The second kappa shape index (κ2) is 6.32. The highest BCUT2D eigenvalue weighted by Gasteiger charge is 2.27. The molecule has 0 spiro atoms. The van der Waals surface area contributed by atoms with Crippen molar-refractivity contribution in [3.8, 4) is 5.75 Å². The number of carbonyl (C=O) groups excluding carboxylic acids is 1. The fourth-order valence-corrected chi connectivity index (χ4v) is 3.11. The Balaban J connectivity index is 1.65. The Morgan fingerprint density at radius 1 is 1.22 bits per heavy atom. The van der Waals surface area contributed by atoms with Gasteiger partial charge in [0, 0.05) is 16.9 Å². The Hall–Kier alpha value is -2.50. The zero-order chi connectivity index (χ0) is 16.4. The van der Waals surface area contributed by atoms with Gasteiger partial charge in [-0.05, 0) is 49.9 Å². The van der Waals surface area contributed by atoms with Crippen molar-refractivity contribution in [2.75, 3.05) is 7.11 Å². The van der Waals surface area contributed by atoms with Crippen LogP contribution in [0.3, 0.4) is 0 Å². The van der Waals surface area contributed by atoms with E-state index >= 15 is 0 Å². The summed E-state index contributed by atoms with van der Waals surface area (Å²) in [6.07, 6.45) is 2.64. The maximum absolute atomic E-state index is 12.4. The molecule has 0 radical (unpaired) electrons. The van der Waals surface area contributed by atoms with E-state index in [4.69, 9.17) is 9.84 Å². The summed E-state index contributed by atoms with van der Waals surface area (Å²) in [4.78, 5) is 26.4. The number of hydrogen-bond acceptors (Lipinski definition) is 3. The molecule has 0 bridgehead atoms. The number of carboxylic acid groups (broad SMARTS) is 1. The summed E-state index contributed by atoms with van der Waals surface area (Å²) in [5, 5.41) is 12.9. The van der Waals surface area contributed by atoms with Crippen molar-refractivity contribution in [3.63, 3.8) is 0 Å². The van der Waals surface area contributed by atoms with Gasteiger partial charge in [0.15, 0.2) is 0 Å². The fraction of sp³-hybridized carbons (Fsp3) is 0.412. The number of methoxy groups -OCH3 is 1. The number of H-pyrrole nitrogens is 1. The van der Waals surface area contributed by atoms with Crippen LogP contribution < -0.4 is 10.1 Å². The average Bonchev–Trinajstić information content (AvgIpc) is 2.98. The zero-order valence-corrected chi connectivity index (χ0v) is 13.0. The van der Waals surface area contributed by atoms with Gasteiger partial charge >= 0.3 is 5.97 Å². The first kappa shape index (κ1) is 15.4. The number of carboxylic acids is 1. The van der Waals surface area contributed by atoms with Crippen LogP contribution in [0.5, 0.6) is 5.75 Å². The van der Waals surface area contributed by atoms with Crippen LogP contribution in [0, 0.1) is 5.92 Å². The summed E-state index contributed by atoms with van der Waals surface area (Å²) in [7, 11) is 1.61. The number of rotatable bonds is 4. The highest BCUT2D eigenvalue weighted by molar-refractivity contribution is 5.98. The number of carbonyl (C=O) groups is 2. The summed E-state index contributed by atoms with van der Waals surface area (Å²) in [5.74, 6) is -0.419. The van der Waals surface area contributed by atoms with Gasteiger partial charge in [0.05, 0.1) is 13.0 Å². The van der Waals surface area contributed by atoms with Crippen LogP contribution in [0.25, 0.3) is 10.9 Å². The Morgan fingerprint density at radius 2 is 1.96 bits per heavy atom. The molecule has 1 heterocycles. The van der Waals surface area contributed by atoms with Crippen LogP contribution in [0.2, 0.25) is 0 Å². The van der Waals surface area contributed by atoms with E-state index in [9.17, 15) is 9.59 Å². The number of aromatic amines is 1. The van der Waals surface area contributed by atoms with Crippen molar-refractivity contribution < 1.29 is 19.4 Å². The van der Waals surface area contributed by atoms with Crippen molar-refractivity contribution in [2.24, 2.45) is 5.92 Å². The maximum Gasteiger partial charge on any atom is 0.306 e. The van der Waals surface area contributed by atoms with Crippen LogP contribution in [0.1, 0.15) is 36.2 Å². The number of aromatic nitrogens is 1. The molecular weight excluding hydrogens is 296 g/mol. The fourth-order valence-electron chi connectivity index (χ4n) is 3.11. The SMILES string of the molecule is COc1ccc2[nH]c(C(=O)NC3CCC(C(=O)O)CC3)cc2c1. The first-order chi connectivity index (χ1) is 11.1. The lowest BCUT2D eigenvalue weighted by Gasteiger charge is -2.26. The van der Waals surface area contributed by atoms with Gasteiger partial charge in [-0.1, -0.05) is 0 Å². The normalized spacial score (nSPS) is 21.1. The number of aliphatic carboxylic acids is 1. The van der Waals surface area contributed by atoms with Gasteiger partial charge in [-0.3, -0.25) is 9.59 Å². The van der Waals surface area contributed by atoms with Crippen molar-refractivity contribution in [1.29, 1.82) is 0 Å². The summed E-state index contributed by atoms with van der Waals surface area (Å²) < 4.78 is 5.18. The molecule has 1 aromatic carbocycles. The van der Waals surface area contributed by atoms with Gasteiger partial charge in [0.2, 0.25) is 0 Å².